The van der Waals surface area contributed by atoms with E-state index in [-0.39, 0.29) is 54.3 Å². The second-order valence-corrected chi connectivity index (χ2v) is 14.7. The minimum Gasteiger partial charge on any atom is -0.512 e. The number of hydrogen-bond donors (Lipinski definition) is 1. The normalized spacial score (nSPS) is 13.6. The molecule has 4 nitrogen and oxygen atoms in total. The van der Waals surface area contributed by atoms with Crippen molar-refractivity contribution in [3.05, 3.63) is 108 Å². The van der Waals surface area contributed by atoms with Gasteiger partial charge in [-0.3, -0.25) is 9.78 Å². The predicted molar refractivity (Wildman–Crippen MR) is 201 cm³/mol. The number of aromatic nitrogens is 2. The maximum atomic E-state index is 11.7. The second kappa shape index (κ2) is 15.5. The number of hydrogen-bond acceptors (Lipinski definition) is 4. The number of aliphatic hydroxyl groups is 1. The zero-order valence-electron chi connectivity index (χ0n) is 30.6. The first kappa shape index (κ1) is 38.1. The molecule has 0 bridgehead atoms. The molecule has 1 radical (unpaired) electrons. The molecule has 6 rings (SSSR count). The molecule has 1 aliphatic carbocycles. The summed E-state index contributed by atoms with van der Waals surface area (Å²) in [5.41, 5.74) is 7.94. The third kappa shape index (κ3) is 7.44. The van der Waals surface area contributed by atoms with Gasteiger partial charge in [-0.25, -0.2) is 4.98 Å². The zero-order chi connectivity index (χ0) is 34.8. The first-order valence-electron chi connectivity index (χ1n) is 17.7. The van der Waals surface area contributed by atoms with Crippen LogP contribution in [-0.4, -0.2) is 20.9 Å². The van der Waals surface area contributed by atoms with Crippen molar-refractivity contribution >= 4 is 27.3 Å². The monoisotopic (exact) mass is 832 g/mol. The van der Waals surface area contributed by atoms with Gasteiger partial charge in [0.2, 0.25) is 0 Å². The molecule has 0 aliphatic heterocycles. The minimum atomic E-state index is -0.219. The summed E-state index contributed by atoms with van der Waals surface area (Å²) < 4.78 is 0. The molecule has 4 aromatic carbocycles. The number of benzene rings is 4. The van der Waals surface area contributed by atoms with Crippen LogP contribution in [0.15, 0.2) is 84.9 Å². The summed E-state index contributed by atoms with van der Waals surface area (Å²) in [4.78, 5) is 21.4. The summed E-state index contributed by atoms with van der Waals surface area (Å²) in [6.45, 7) is 19.5. The van der Waals surface area contributed by atoms with E-state index in [1.54, 1.807) is 6.33 Å². The van der Waals surface area contributed by atoms with Gasteiger partial charge >= 0.3 is 0 Å². The molecule has 0 saturated heterocycles. The van der Waals surface area contributed by atoms with Crippen LogP contribution in [-0.2, 0) is 35.7 Å². The van der Waals surface area contributed by atoms with Crippen molar-refractivity contribution in [3.63, 3.8) is 0 Å². The fraction of sp³-hybridized carbons (Fsp3) is 0.386. The SMILES string of the molecule is CC(C)(C)c1cc(-c2ncnc3c2C(C)(C)c2c-3ccc3ccccc23)[c-]c2ccccc12.CCC(CC)C(=O)/C=C(\O)C(CC)CC.[Ir]. The third-order valence-corrected chi connectivity index (χ3v) is 10.2. The van der Waals surface area contributed by atoms with E-state index in [0.717, 1.165) is 48.0 Å². The van der Waals surface area contributed by atoms with Gasteiger partial charge in [0.15, 0.2) is 5.78 Å². The summed E-state index contributed by atoms with van der Waals surface area (Å²) >= 11 is 0. The van der Waals surface area contributed by atoms with Crippen molar-refractivity contribution < 1.29 is 30.0 Å². The summed E-state index contributed by atoms with van der Waals surface area (Å²) in [6.07, 6.45) is 6.62. The van der Waals surface area contributed by atoms with E-state index in [2.05, 4.69) is 107 Å². The fourth-order valence-electron chi connectivity index (χ4n) is 7.41. The topological polar surface area (TPSA) is 63.1 Å². The first-order chi connectivity index (χ1) is 22.9. The Morgan fingerprint density at radius 2 is 1.41 bits per heavy atom. The van der Waals surface area contributed by atoms with Gasteiger partial charge in [0.25, 0.3) is 0 Å². The van der Waals surface area contributed by atoms with Gasteiger partial charge in [-0.15, -0.1) is 29.1 Å². The number of carbonyl (C=O) groups is 1. The molecule has 1 N–H and O–H groups in total. The van der Waals surface area contributed by atoms with E-state index in [1.807, 2.05) is 27.7 Å². The Labute approximate surface area is 306 Å². The fourth-order valence-corrected chi connectivity index (χ4v) is 7.41. The number of carbonyl (C=O) groups excluding carboxylic acids is 1. The van der Waals surface area contributed by atoms with E-state index < -0.39 is 0 Å². The van der Waals surface area contributed by atoms with Gasteiger partial charge in [0.05, 0.1) is 11.5 Å². The molecule has 49 heavy (non-hydrogen) atoms. The molecule has 1 aromatic heterocycles. The average Bonchev–Trinajstić information content (AvgIpc) is 3.32. The van der Waals surface area contributed by atoms with Gasteiger partial charge < -0.3 is 5.11 Å². The molecule has 5 aromatic rings. The van der Waals surface area contributed by atoms with Crippen molar-refractivity contribution in [2.75, 3.05) is 0 Å². The molecule has 0 spiro atoms. The molecule has 1 heterocycles. The van der Waals surface area contributed by atoms with Crippen molar-refractivity contribution in [1.82, 2.24) is 9.97 Å². The van der Waals surface area contributed by atoms with Crippen LogP contribution in [0.3, 0.4) is 0 Å². The molecule has 0 unspecified atom stereocenters. The molecule has 0 saturated carbocycles. The number of aliphatic hydroxyl groups excluding tert-OH is 1. The maximum absolute atomic E-state index is 11.7. The Hall–Kier alpha value is -3.66. The summed E-state index contributed by atoms with van der Waals surface area (Å²) in [5, 5.41) is 14.7. The van der Waals surface area contributed by atoms with Gasteiger partial charge in [0.1, 0.15) is 6.33 Å². The quantitative estimate of drug-likeness (QED) is 0.0961. The number of fused-ring (bicyclic) bond motifs is 6. The van der Waals surface area contributed by atoms with Crippen LogP contribution in [0.4, 0.5) is 0 Å². The Bertz CT molecular complexity index is 1980. The molecule has 0 atom stereocenters. The third-order valence-electron chi connectivity index (χ3n) is 10.2. The van der Waals surface area contributed by atoms with Crippen LogP contribution in [0, 0.1) is 17.9 Å². The van der Waals surface area contributed by atoms with E-state index >= 15 is 0 Å². The molecule has 0 fully saturated rings. The van der Waals surface area contributed by atoms with E-state index in [9.17, 15) is 9.90 Å². The number of allylic oxidation sites excluding steroid dienone is 2. The van der Waals surface area contributed by atoms with Crippen molar-refractivity contribution in [2.45, 2.75) is 98.8 Å². The van der Waals surface area contributed by atoms with E-state index in [0.29, 0.717) is 0 Å². The maximum Gasteiger partial charge on any atom is 0.162 e. The molecule has 259 valence electrons. The van der Waals surface area contributed by atoms with Crippen LogP contribution in [0.5, 0.6) is 0 Å². The summed E-state index contributed by atoms with van der Waals surface area (Å²) in [7, 11) is 0. The molecule has 5 heteroatoms. The minimum absolute atomic E-state index is 0. The van der Waals surface area contributed by atoms with Crippen LogP contribution in [0.25, 0.3) is 44.1 Å². The first-order valence-corrected chi connectivity index (χ1v) is 17.7. The molecule has 0 amide bonds. The second-order valence-electron chi connectivity index (χ2n) is 14.7. The van der Waals surface area contributed by atoms with Crippen LogP contribution in [0.1, 0.15) is 105 Å². The van der Waals surface area contributed by atoms with Crippen molar-refractivity contribution in [1.29, 1.82) is 0 Å². The summed E-state index contributed by atoms with van der Waals surface area (Å²) in [5.74, 6) is 0.547. The van der Waals surface area contributed by atoms with Crippen LogP contribution in [0.2, 0.25) is 0 Å². The predicted octanol–water partition coefficient (Wildman–Crippen LogP) is 11.7. The average molecular weight is 832 g/mol. The van der Waals surface area contributed by atoms with Crippen molar-refractivity contribution in [2.24, 2.45) is 11.8 Å². The van der Waals surface area contributed by atoms with E-state index in [4.69, 9.17) is 9.97 Å². The zero-order valence-corrected chi connectivity index (χ0v) is 33.0. The Kier molecular flexibility index (Phi) is 12.1. The van der Waals surface area contributed by atoms with Crippen LogP contribution < -0.4 is 0 Å². The molecular formula is C44H51IrN2O2-. The Balaban J connectivity index is 0.000000290. The summed E-state index contributed by atoms with van der Waals surface area (Å²) in [6, 6.07) is 27.6. The number of nitrogens with zero attached hydrogens (tertiary/aromatic N) is 2. The van der Waals surface area contributed by atoms with Gasteiger partial charge in [-0.2, -0.15) is 0 Å². The Morgan fingerprint density at radius 1 is 0.816 bits per heavy atom. The van der Waals surface area contributed by atoms with Gasteiger partial charge in [-0.1, -0.05) is 128 Å². The largest absolute Gasteiger partial charge is 0.512 e. The standard InChI is InChI=1S/C31H27N2.C13H24O2.Ir/c1-30(2,3)25-17-21(16-20-11-7-8-12-22(20)25)28-27-29(33-18-32-28)24-15-14-19-10-6-9-13-23(19)26(24)31(27,4)5;1-5-10(6-2)12(14)9-13(15)11(7-3)8-4;/h6-15,17-18H,1-5H3;9-11,14H,5-8H2,1-4H3;/q-1;;/b;12-9-;. The van der Waals surface area contributed by atoms with Gasteiger partial charge in [-0.05, 0) is 53.0 Å². The number of ketones is 1. The van der Waals surface area contributed by atoms with Gasteiger partial charge in [0, 0.05) is 54.7 Å². The Morgan fingerprint density at radius 3 is 2.04 bits per heavy atom. The van der Waals surface area contributed by atoms with Crippen molar-refractivity contribution in [3.8, 4) is 22.5 Å². The van der Waals surface area contributed by atoms with Crippen LogP contribution >= 0.6 is 0 Å². The smallest absolute Gasteiger partial charge is 0.162 e. The van der Waals surface area contributed by atoms with E-state index in [1.165, 1.54) is 44.5 Å². The number of rotatable bonds is 8. The molecular weight excluding hydrogens is 781 g/mol. The molecule has 1 aliphatic rings.